The van der Waals surface area contributed by atoms with E-state index in [9.17, 15) is 4.79 Å². The molecule has 0 radical (unpaired) electrons. The number of aryl methyl sites for hydroxylation is 1. The summed E-state index contributed by atoms with van der Waals surface area (Å²) in [4.78, 5) is 12.1. The van der Waals surface area contributed by atoms with Gasteiger partial charge in [0.1, 0.15) is 5.60 Å². The molecule has 0 N–H and O–H groups in total. The highest BCUT2D eigenvalue weighted by Crippen LogP contribution is 2.58. The molecule has 0 saturated carbocycles. The Labute approximate surface area is 108 Å². The molecule has 1 saturated heterocycles. The van der Waals surface area contributed by atoms with Gasteiger partial charge in [0.25, 0.3) is 0 Å². The SMILES string of the molecule is CCOC(=O)C1(CC)OC1(C)c1ccc(C)cc1. The second-order valence-corrected chi connectivity index (χ2v) is 4.90. The monoisotopic (exact) mass is 248 g/mol. The highest BCUT2D eigenvalue weighted by atomic mass is 16.7. The van der Waals surface area contributed by atoms with Crippen molar-refractivity contribution in [2.45, 2.75) is 45.3 Å². The largest absolute Gasteiger partial charge is 0.464 e. The molecular formula is C15H20O3. The predicted molar refractivity (Wildman–Crippen MR) is 69.3 cm³/mol. The van der Waals surface area contributed by atoms with Crippen molar-refractivity contribution < 1.29 is 14.3 Å². The molecule has 2 atom stereocenters. The van der Waals surface area contributed by atoms with Gasteiger partial charge >= 0.3 is 5.97 Å². The van der Waals surface area contributed by atoms with E-state index >= 15 is 0 Å². The molecular weight excluding hydrogens is 228 g/mol. The normalized spacial score (nSPS) is 30.0. The van der Waals surface area contributed by atoms with Crippen LogP contribution in [0, 0.1) is 6.92 Å². The van der Waals surface area contributed by atoms with E-state index in [2.05, 4.69) is 0 Å². The van der Waals surface area contributed by atoms with Gasteiger partial charge in [0.15, 0.2) is 5.60 Å². The van der Waals surface area contributed by atoms with Crippen LogP contribution in [0.25, 0.3) is 0 Å². The summed E-state index contributed by atoms with van der Waals surface area (Å²) in [7, 11) is 0. The van der Waals surface area contributed by atoms with Gasteiger partial charge in [-0.15, -0.1) is 0 Å². The topological polar surface area (TPSA) is 38.8 Å². The lowest BCUT2D eigenvalue weighted by Crippen LogP contribution is -2.32. The van der Waals surface area contributed by atoms with Gasteiger partial charge in [-0.3, -0.25) is 0 Å². The highest BCUT2D eigenvalue weighted by molar-refractivity contribution is 5.85. The number of epoxide rings is 1. The molecule has 3 nitrogen and oxygen atoms in total. The second kappa shape index (κ2) is 4.39. The average molecular weight is 248 g/mol. The fourth-order valence-corrected chi connectivity index (χ4v) is 2.52. The fourth-order valence-electron chi connectivity index (χ4n) is 2.52. The standard InChI is InChI=1S/C15H20O3/c1-5-15(13(16)17-6-2)14(4,18-15)12-9-7-11(3)8-10-12/h7-10H,5-6H2,1-4H3. The van der Waals surface area contributed by atoms with E-state index in [0.29, 0.717) is 13.0 Å². The number of ether oxygens (including phenoxy) is 2. The van der Waals surface area contributed by atoms with Gasteiger partial charge in [-0.25, -0.2) is 4.79 Å². The Morgan fingerprint density at radius 2 is 1.89 bits per heavy atom. The Morgan fingerprint density at radius 1 is 1.28 bits per heavy atom. The fraction of sp³-hybridized carbons (Fsp3) is 0.533. The van der Waals surface area contributed by atoms with Crippen LogP contribution in [-0.4, -0.2) is 18.2 Å². The number of esters is 1. The highest BCUT2D eigenvalue weighted by Gasteiger charge is 2.72. The Morgan fingerprint density at radius 3 is 2.39 bits per heavy atom. The summed E-state index contributed by atoms with van der Waals surface area (Å²) in [6.07, 6.45) is 0.621. The van der Waals surface area contributed by atoms with Gasteiger partial charge < -0.3 is 9.47 Å². The minimum Gasteiger partial charge on any atom is -0.464 e. The van der Waals surface area contributed by atoms with E-state index in [1.165, 1.54) is 5.56 Å². The molecule has 1 aromatic carbocycles. The molecule has 0 aliphatic carbocycles. The third-order valence-electron chi connectivity index (χ3n) is 3.81. The van der Waals surface area contributed by atoms with Crippen molar-refractivity contribution in [3.63, 3.8) is 0 Å². The van der Waals surface area contributed by atoms with Crippen molar-refractivity contribution in [2.75, 3.05) is 6.61 Å². The van der Waals surface area contributed by atoms with E-state index in [-0.39, 0.29) is 5.97 Å². The maximum atomic E-state index is 12.1. The zero-order chi connectivity index (χ0) is 13.4. The summed E-state index contributed by atoms with van der Waals surface area (Å²) in [6.45, 7) is 8.15. The van der Waals surface area contributed by atoms with Gasteiger partial charge in [-0.2, -0.15) is 0 Å². The molecule has 0 amide bonds. The first kappa shape index (κ1) is 13.1. The Balaban J connectivity index is 2.29. The lowest BCUT2D eigenvalue weighted by Gasteiger charge is -2.14. The predicted octanol–water partition coefficient (Wildman–Crippen LogP) is 2.95. The lowest BCUT2D eigenvalue weighted by atomic mass is 9.85. The number of benzene rings is 1. The number of hydrogen-bond donors (Lipinski definition) is 0. The average Bonchev–Trinajstić information content (AvgIpc) is 2.99. The van der Waals surface area contributed by atoms with Crippen LogP contribution in [0.3, 0.4) is 0 Å². The number of hydrogen-bond acceptors (Lipinski definition) is 3. The Kier molecular flexibility index (Phi) is 3.20. The number of carbonyl (C=O) groups excluding carboxylic acids is 1. The lowest BCUT2D eigenvalue weighted by molar-refractivity contribution is -0.149. The summed E-state index contributed by atoms with van der Waals surface area (Å²) >= 11 is 0. The van der Waals surface area contributed by atoms with E-state index in [0.717, 1.165) is 5.56 Å². The summed E-state index contributed by atoms with van der Waals surface area (Å²) in [5.74, 6) is -0.254. The van der Waals surface area contributed by atoms with Crippen LogP contribution in [0.2, 0.25) is 0 Å². The first-order chi connectivity index (χ1) is 8.50. The zero-order valence-corrected chi connectivity index (χ0v) is 11.4. The quantitative estimate of drug-likeness (QED) is 0.607. The molecule has 1 aliphatic heterocycles. The van der Waals surface area contributed by atoms with Crippen molar-refractivity contribution in [3.8, 4) is 0 Å². The smallest absolute Gasteiger partial charge is 0.341 e. The molecule has 1 heterocycles. The summed E-state index contributed by atoms with van der Waals surface area (Å²) in [5, 5.41) is 0. The van der Waals surface area contributed by atoms with Crippen LogP contribution in [-0.2, 0) is 19.9 Å². The van der Waals surface area contributed by atoms with Gasteiger partial charge in [-0.1, -0.05) is 36.8 Å². The van der Waals surface area contributed by atoms with Crippen molar-refractivity contribution >= 4 is 5.97 Å². The molecule has 1 aromatic rings. The molecule has 0 spiro atoms. The van der Waals surface area contributed by atoms with Crippen molar-refractivity contribution in [2.24, 2.45) is 0 Å². The summed E-state index contributed by atoms with van der Waals surface area (Å²) < 4.78 is 10.9. The van der Waals surface area contributed by atoms with E-state index < -0.39 is 11.2 Å². The molecule has 18 heavy (non-hydrogen) atoms. The molecule has 1 fully saturated rings. The molecule has 1 aliphatic rings. The number of carbonyl (C=O) groups is 1. The number of rotatable bonds is 4. The minimum atomic E-state index is -0.807. The van der Waals surface area contributed by atoms with Crippen LogP contribution in [0.1, 0.15) is 38.3 Å². The maximum absolute atomic E-state index is 12.1. The van der Waals surface area contributed by atoms with Crippen molar-refractivity contribution in [3.05, 3.63) is 35.4 Å². The zero-order valence-electron chi connectivity index (χ0n) is 11.4. The van der Waals surface area contributed by atoms with Gasteiger partial charge in [0.2, 0.25) is 0 Å². The van der Waals surface area contributed by atoms with Gasteiger partial charge in [0, 0.05) is 0 Å². The van der Waals surface area contributed by atoms with Crippen LogP contribution in [0.5, 0.6) is 0 Å². The third kappa shape index (κ3) is 1.74. The molecule has 2 rings (SSSR count). The molecule has 3 heteroatoms. The summed E-state index contributed by atoms with van der Waals surface area (Å²) in [5.41, 5.74) is 0.865. The Hall–Kier alpha value is -1.35. The second-order valence-electron chi connectivity index (χ2n) is 4.90. The molecule has 0 bridgehead atoms. The van der Waals surface area contributed by atoms with Crippen LogP contribution in [0.15, 0.2) is 24.3 Å². The van der Waals surface area contributed by atoms with Crippen LogP contribution < -0.4 is 0 Å². The first-order valence-electron chi connectivity index (χ1n) is 6.44. The molecule has 98 valence electrons. The summed E-state index contributed by atoms with van der Waals surface area (Å²) in [6, 6.07) is 8.11. The van der Waals surface area contributed by atoms with Crippen molar-refractivity contribution in [1.82, 2.24) is 0 Å². The molecule has 2 unspecified atom stereocenters. The minimum absolute atomic E-state index is 0.254. The first-order valence-corrected chi connectivity index (χ1v) is 6.44. The maximum Gasteiger partial charge on any atom is 0.341 e. The van der Waals surface area contributed by atoms with E-state index in [1.54, 1.807) is 0 Å². The van der Waals surface area contributed by atoms with Gasteiger partial charge in [0.05, 0.1) is 6.61 Å². The van der Waals surface area contributed by atoms with Crippen LogP contribution in [0.4, 0.5) is 0 Å². The van der Waals surface area contributed by atoms with Gasteiger partial charge in [-0.05, 0) is 32.8 Å². The van der Waals surface area contributed by atoms with E-state index in [4.69, 9.17) is 9.47 Å². The van der Waals surface area contributed by atoms with E-state index in [1.807, 2.05) is 52.0 Å². The third-order valence-corrected chi connectivity index (χ3v) is 3.81. The van der Waals surface area contributed by atoms with Crippen LogP contribution >= 0.6 is 0 Å². The molecule has 0 aromatic heterocycles. The van der Waals surface area contributed by atoms with Crippen molar-refractivity contribution in [1.29, 1.82) is 0 Å². The Bertz CT molecular complexity index is 451.